The van der Waals surface area contributed by atoms with Gasteiger partial charge in [0, 0.05) is 19.3 Å². The molecule has 0 aliphatic carbocycles. The van der Waals surface area contributed by atoms with Crippen molar-refractivity contribution in [1.82, 2.24) is 16.0 Å². The van der Waals surface area contributed by atoms with Gasteiger partial charge in [-0.15, -0.1) is 0 Å². The van der Waals surface area contributed by atoms with Gasteiger partial charge in [0.2, 0.25) is 17.7 Å². The molecule has 1 rings (SSSR count). The van der Waals surface area contributed by atoms with Crippen molar-refractivity contribution in [3.05, 3.63) is 29.8 Å². The van der Waals surface area contributed by atoms with Crippen LogP contribution in [0.1, 0.15) is 65.9 Å². The van der Waals surface area contributed by atoms with Gasteiger partial charge in [0.1, 0.15) is 0 Å². The third-order valence-electron chi connectivity index (χ3n) is 6.97. The summed E-state index contributed by atoms with van der Waals surface area (Å²) in [5.74, 6) is 0.272. The molecule has 0 spiro atoms. The molecular weight excluding hydrogens is 456 g/mol. The van der Waals surface area contributed by atoms with Crippen molar-refractivity contribution in [3.8, 4) is 0 Å². The summed E-state index contributed by atoms with van der Waals surface area (Å²) in [7, 11) is 3.37. The smallest absolute Gasteiger partial charge is 0.243 e. The number of likely N-dealkylation sites (N-methyl/N-ethyl adjacent to an activating group) is 1. The summed E-state index contributed by atoms with van der Waals surface area (Å²) in [6, 6.07) is 7.13. The highest BCUT2D eigenvalue weighted by Crippen LogP contribution is 2.23. The predicted octanol–water partition coefficient (Wildman–Crippen LogP) is 3.51. The summed E-state index contributed by atoms with van der Waals surface area (Å²) in [5.41, 5.74) is 1.65. The van der Waals surface area contributed by atoms with Crippen LogP contribution in [-0.4, -0.2) is 57.1 Å². The van der Waals surface area contributed by atoms with Crippen molar-refractivity contribution >= 4 is 23.4 Å². The van der Waals surface area contributed by atoms with Gasteiger partial charge in [-0.2, -0.15) is 0 Å². The van der Waals surface area contributed by atoms with Crippen LogP contribution in [0.4, 0.5) is 5.69 Å². The Morgan fingerprint density at radius 2 is 1.72 bits per heavy atom. The highest BCUT2D eigenvalue weighted by atomic mass is 16.5. The van der Waals surface area contributed by atoms with Gasteiger partial charge in [0.15, 0.2) is 0 Å². The number of carbonyl (C=O) groups excluding carboxylic acids is 3. The second kappa shape index (κ2) is 17.1. The lowest BCUT2D eigenvalue weighted by Gasteiger charge is -2.28. The molecular formula is C28H48N4O4. The van der Waals surface area contributed by atoms with Crippen molar-refractivity contribution in [2.45, 2.75) is 78.9 Å². The van der Waals surface area contributed by atoms with Crippen LogP contribution in [0, 0.1) is 17.8 Å². The van der Waals surface area contributed by atoms with Gasteiger partial charge in [-0.05, 0) is 56.3 Å². The summed E-state index contributed by atoms with van der Waals surface area (Å²) in [4.78, 5) is 36.7. The second-order valence-electron chi connectivity index (χ2n) is 9.93. The lowest BCUT2D eigenvalue weighted by atomic mass is 9.87. The maximum Gasteiger partial charge on any atom is 0.243 e. The van der Waals surface area contributed by atoms with Crippen LogP contribution in [0.3, 0.4) is 0 Å². The third-order valence-corrected chi connectivity index (χ3v) is 6.97. The van der Waals surface area contributed by atoms with Gasteiger partial charge in [-0.3, -0.25) is 14.4 Å². The molecule has 0 heterocycles. The van der Waals surface area contributed by atoms with E-state index in [4.69, 9.17) is 4.74 Å². The molecule has 0 radical (unpaired) electrons. The molecule has 0 aliphatic heterocycles. The van der Waals surface area contributed by atoms with E-state index in [0.717, 1.165) is 24.3 Å². The highest BCUT2D eigenvalue weighted by Gasteiger charge is 2.28. The van der Waals surface area contributed by atoms with Crippen LogP contribution in [0.25, 0.3) is 0 Å². The fourth-order valence-corrected chi connectivity index (χ4v) is 4.19. The Labute approximate surface area is 217 Å². The summed E-state index contributed by atoms with van der Waals surface area (Å²) < 4.78 is 5.72. The molecule has 0 aliphatic rings. The minimum Gasteiger partial charge on any atom is -0.380 e. The second-order valence-corrected chi connectivity index (χ2v) is 9.93. The molecule has 36 heavy (non-hydrogen) atoms. The van der Waals surface area contributed by atoms with E-state index in [1.54, 1.807) is 27.1 Å². The maximum absolute atomic E-state index is 12.8. The maximum atomic E-state index is 12.8. The number of amides is 3. The standard InChI is InChI=1S/C28H48N4O4/c1-8-19(2)11-9-12-20(3)26(36-7)21(4)27(34)30-16-15-23-13-10-14-24(17-23)32-25(33)18-31-28(35)22(5)29-6/h10,13-14,17,19-22,26,29H,8-9,11-12,15-16,18H2,1-7H3,(H,30,34)(H,31,35)(H,32,33). The van der Waals surface area contributed by atoms with Crippen molar-refractivity contribution in [2.75, 3.05) is 32.6 Å². The molecule has 0 saturated heterocycles. The van der Waals surface area contributed by atoms with E-state index in [0.29, 0.717) is 24.6 Å². The molecule has 8 heteroatoms. The largest absolute Gasteiger partial charge is 0.380 e. The number of carbonyl (C=O) groups is 3. The average Bonchev–Trinajstić information content (AvgIpc) is 2.87. The fraction of sp³-hybridized carbons (Fsp3) is 0.679. The molecule has 4 N–H and O–H groups in total. The number of hydrogen-bond donors (Lipinski definition) is 4. The summed E-state index contributed by atoms with van der Waals surface area (Å²) in [6.45, 7) is 10.7. The van der Waals surface area contributed by atoms with E-state index in [1.165, 1.54) is 12.8 Å². The van der Waals surface area contributed by atoms with Crippen molar-refractivity contribution in [3.63, 3.8) is 0 Å². The SMILES string of the molecule is CCC(C)CCCC(C)C(OC)C(C)C(=O)NCCc1cccc(NC(=O)CNC(=O)C(C)NC)c1. The monoisotopic (exact) mass is 504 g/mol. The number of rotatable bonds is 17. The number of ether oxygens (including phenoxy) is 1. The van der Waals surface area contributed by atoms with Crippen molar-refractivity contribution in [2.24, 2.45) is 17.8 Å². The lowest BCUT2D eigenvalue weighted by molar-refractivity contribution is -0.130. The van der Waals surface area contributed by atoms with Crippen LogP contribution in [0.5, 0.6) is 0 Å². The zero-order chi connectivity index (χ0) is 27.1. The zero-order valence-corrected chi connectivity index (χ0v) is 23.3. The first-order chi connectivity index (χ1) is 17.1. The first-order valence-electron chi connectivity index (χ1n) is 13.3. The molecule has 0 fully saturated rings. The Morgan fingerprint density at radius 1 is 1.00 bits per heavy atom. The Morgan fingerprint density at radius 3 is 2.36 bits per heavy atom. The third kappa shape index (κ3) is 11.5. The lowest BCUT2D eigenvalue weighted by Crippen LogP contribution is -2.43. The van der Waals surface area contributed by atoms with Gasteiger partial charge >= 0.3 is 0 Å². The number of benzene rings is 1. The number of nitrogens with one attached hydrogen (secondary N) is 4. The Kier molecular flexibility index (Phi) is 15.0. The molecule has 8 nitrogen and oxygen atoms in total. The van der Waals surface area contributed by atoms with Gasteiger partial charge < -0.3 is 26.0 Å². The molecule has 3 amide bonds. The van der Waals surface area contributed by atoms with Crippen LogP contribution in [0.2, 0.25) is 0 Å². The van der Waals surface area contributed by atoms with E-state index >= 15 is 0 Å². The van der Waals surface area contributed by atoms with E-state index in [1.807, 2.05) is 25.1 Å². The first-order valence-corrected chi connectivity index (χ1v) is 13.3. The first kappa shape index (κ1) is 31.6. The van der Waals surface area contributed by atoms with Crippen molar-refractivity contribution in [1.29, 1.82) is 0 Å². The van der Waals surface area contributed by atoms with Crippen molar-refractivity contribution < 1.29 is 19.1 Å². The molecule has 0 saturated carbocycles. The topological polar surface area (TPSA) is 109 Å². The van der Waals surface area contributed by atoms with Crippen LogP contribution in [-0.2, 0) is 25.5 Å². The molecule has 5 atom stereocenters. The fourth-order valence-electron chi connectivity index (χ4n) is 4.19. The molecule has 1 aromatic rings. The van der Waals surface area contributed by atoms with Gasteiger partial charge in [-0.1, -0.05) is 59.1 Å². The predicted molar refractivity (Wildman–Crippen MR) is 146 cm³/mol. The molecule has 1 aromatic carbocycles. The summed E-state index contributed by atoms with van der Waals surface area (Å²) in [5, 5.41) is 11.3. The zero-order valence-electron chi connectivity index (χ0n) is 23.3. The minimum absolute atomic E-state index is 0.00776. The number of hydrogen-bond acceptors (Lipinski definition) is 5. The Balaban J connectivity index is 2.49. The normalized spacial score (nSPS) is 15.3. The van der Waals surface area contributed by atoms with Gasteiger partial charge in [0.05, 0.1) is 24.6 Å². The minimum atomic E-state index is -0.365. The van der Waals surface area contributed by atoms with Crippen LogP contribution < -0.4 is 21.3 Å². The van der Waals surface area contributed by atoms with Crippen LogP contribution in [0.15, 0.2) is 24.3 Å². The van der Waals surface area contributed by atoms with Crippen LogP contribution >= 0.6 is 0 Å². The number of methoxy groups -OCH3 is 1. The van der Waals surface area contributed by atoms with E-state index in [2.05, 4.69) is 42.0 Å². The summed E-state index contributed by atoms with van der Waals surface area (Å²) in [6.07, 6.45) is 5.14. The Bertz CT molecular complexity index is 816. The average molecular weight is 505 g/mol. The Hall–Kier alpha value is -2.45. The summed E-state index contributed by atoms with van der Waals surface area (Å²) >= 11 is 0. The van der Waals surface area contributed by atoms with E-state index < -0.39 is 0 Å². The highest BCUT2D eigenvalue weighted by molar-refractivity contribution is 5.95. The van der Waals surface area contributed by atoms with Gasteiger partial charge in [0.25, 0.3) is 0 Å². The van der Waals surface area contributed by atoms with E-state index in [9.17, 15) is 14.4 Å². The van der Waals surface area contributed by atoms with E-state index in [-0.39, 0.29) is 42.3 Å². The molecule has 5 unspecified atom stereocenters. The molecule has 0 aromatic heterocycles. The van der Waals surface area contributed by atoms with Gasteiger partial charge in [-0.25, -0.2) is 0 Å². The number of anilines is 1. The molecule has 204 valence electrons. The quantitative estimate of drug-likeness (QED) is 0.260. The molecule has 0 bridgehead atoms.